The topological polar surface area (TPSA) is 66.4 Å². The second-order valence-corrected chi connectivity index (χ2v) is 6.26. The van der Waals surface area contributed by atoms with E-state index in [2.05, 4.69) is 4.72 Å². The van der Waals surface area contributed by atoms with E-state index >= 15 is 0 Å². The van der Waals surface area contributed by atoms with Crippen LogP contribution in [0.1, 0.15) is 25.8 Å². The molecule has 0 aliphatic carbocycles. The first-order valence-electron chi connectivity index (χ1n) is 5.75. The van der Waals surface area contributed by atoms with Gasteiger partial charge in [-0.25, -0.2) is 17.5 Å². The lowest BCUT2D eigenvalue weighted by molar-refractivity contribution is 0.275. The fraction of sp³-hybridized carbons (Fsp3) is 0.500. The van der Waals surface area contributed by atoms with Crippen LogP contribution >= 0.6 is 0 Å². The van der Waals surface area contributed by atoms with Gasteiger partial charge in [0.25, 0.3) is 0 Å². The number of benzene rings is 1. The van der Waals surface area contributed by atoms with E-state index in [1.54, 1.807) is 0 Å². The van der Waals surface area contributed by atoms with Gasteiger partial charge < -0.3 is 5.11 Å². The summed E-state index contributed by atoms with van der Waals surface area (Å²) >= 11 is 0. The number of hydrogen-bond acceptors (Lipinski definition) is 3. The molecule has 2 N–H and O–H groups in total. The Bertz CT molecular complexity index is 500. The zero-order valence-corrected chi connectivity index (χ0v) is 11.3. The Morgan fingerprint density at radius 2 is 2.06 bits per heavy atom. The summed E-state index contributed by atoms with van der Waals surface area (Å²) < 4.78 is 39.3. The van der Waals surface area contributed by atoms with Gasteiger partial charge >= 0.3 is 0 Å². The van der Waals surface area contributed by atoms with Gasteiger partial charge in [0.05, 0.1) is 11.5 Å². The molecule has 0 bridgehead atoms. The normalized spacial score (nSPS) is 12.1. The molecule has 0 heterocycles. The van der Waals surface area contributed by atoms with E-state index in [1.807, 2.05) is 13.8 Å². The second-order valence-electron chi connectivity index (χ2n) is 4.49. The highest BCUT2D eigenvalue weighted by atomic mass is 32.2. The largest absolute Gasteiger partial charge is 0.392 e. The first-order valence-corrected chi connectivity index (χ1v) is 7.24. The summed E-state index contributed by atoms with van der Waals surface area (Å²) in [7, 11) is -3.63. The maximum atomic E-state index is 13.1. The Hall–Kier alpha value is -0.980. The molecule has 4 nitrogen and oxygen atoms in total. The summed E-state index contributed by atoms with van der Waals surface area (Å²) in [6, 6.07) is 3.38. The third kappa shape index (κ3) is 4.04. The minimum Gasteiger partial charge on any atom is -0.392 e. The van der Waals surface area contributed by atoms with Gasteiger partial charge in [0, 0.05) is 12.1 Å². The van der Waals surface area contributed by atoms with Crippen LogP contribution in [0.2, 0.25) is 0 Å². The van der Waals surface area contributed by atoms with Gasteiger partial charge in [-0.15, -0.1) is 0 Å². The summed E-state index contributed by atoms with van der Waals surface area (Å²) in [4.78, 5) is -0.0308. The van der Waals surface area contributed by atoms with E-state index < -0.39 is 22.4 Å². The first kappa shape index (κ1) is 15.1. The average Bonchev–Trinajstić information content (AvgIpc) is 2.28. The minimum absolute atomic E-state index is 0.0262. The van der Waals surface area contributed by atoms with Crippen LogP contribution in [0.3, 0.4) is 0 Å². The van der Waals surface area contributed by atoms with Gasteiger partial charge in [0.2, 0.25) is 10.0 Å². The highest BCUT2D eigenvalue weighted by Crippen LogP contribution is 2.15. The number of sulfonamides is 1. The molecule has 102 valence electrons. The SMILES string of the molecule is CC(C)CCNS(=O)(=O)c1ccc(F)c(CO)c1. The molecule has 0 unspecified atom stereocenters. The van der Waals surface area contributed by atoms with E-state index in [0.717, 1.165) is 18.6 Å². The molecule has 0 amide bonds. The van der Waals surface area contributed by atoms with Gasteiger partial charge in [0.1, 0.15) is 5.82 Å². The monoisotopic (exact) mass is 275 g/mol. The van der Waals surface area contributed by atoms with Crippen LogP contribution in [0.4, 0.5) is 4.39 Å². The van der Waals surface area contributed by atoms with Crippen molar-refractivity contribution in [3.05, 3.63) is 29.6 Å². The van der Waals surface area contributed by atoms with Gasteiger partial charge in [-0.1, -0.05) is 13.8 Å². The van der Waals surface area contributed by atoms with Crippen LogP contribution in [-0.4, -0.2) is 20.1 Å². The van der Waals surface area contributed by atoms with Gasteiger partial charge in [0.15, 0.2) is 0 Å². The zero-order chi connectivity index (χ0) is 13.8. The third-order valence-electron chi connectivity index (χ3n) is 2.51. The lowest BCUT2D eigenvalue weighted by Gasteiger charge is -2.09. The van der Waals surface area contributed by atoms with Gasteiger partial charge in [-0.3, -0.25) is 0 Å². The van der Waals surface area contributed by atoms with Crippen molar-refractivity contribution in [3.8, 4) is 0 Å². The molecule has 0 radical (unpaired) electrons. The second kappa shape index (κ2) is 6.26. The Morgan fingerprint density at radius 3 is 2.61 bits per heavy atom. The van der Waals surface area contributed by atoms with E-state index in [9.17, 15) is 12.8 Å². The molecular weight excluding hydrogens is 257 g/mol. The summed E-state index contributed by atoms with van der Waals surface area (Å²) in [5.74, 6) is -0.215. The molecule has 0 aliphatic rings. The molecule has 1 aromatic rings. The third-order valence-corrected chi connectivity index (χ3v) is 3.97. The van der Waals surface area contributed by atoms with Crippen molar-refractivity contribution in [1.82, 2.24) is 4.72 Å². The van der Waals surface area contributed by atoms with Crippen molar-refractivity contribution >= 4 is 10.0 Å². The van der Waals surface area contributed by atoms with E-state index in [-0.39, 0.29) is 10.5 Å². The Labute approximate surface area is 107 Å². The fourth-order valence-electron chi connectivity index (χ4n) is 1.40. The van der Waals surface area contributed by atoms with Crippen molar-refractivity contribution in [1.29, 1.82) is 0 Å². The molecule has 0 atom stereocenters. The minimum atomic E-state index is -3.63. The average molecular weight is 275 g/mol. The highest BCUT2D eigenvalue weighted by Gasteiger charge is 2.15. The molecule has 0 saturated heterocycles. The van der Waals surface area contributed by atoms with Crippen LogP contribution in [0.25, 0.3) is 0 Å². The molecule has 0 spiro atoms. The van der Waals surface area contributed by atoms with Crippen LogP contribution in [0, 0.1) is 11.7 Å². The molecule has 0 aliphatic heterocycles. The van der Waals surface area contributed by atoms with Crippen molar-refractivity contribution in [2.75, 3.05) is 6.54 Å². The molecule has 0 aromatic heterocycles. The standard InChI is InChI=1S/C12H18FNO3S/c1-9(2)5-6-14-18(16,17)11-3-4-12(13)10(7-11)8-15/h3-4,7,9,14-15H,5-6,8H2,1-2H3. The summed E-state index contributed by atoms with van der Waals surface area (Å²) in [5, 5.41) is 8.90. The van der Waals surface area contributed by atoms with Gasteiger partial charge in [-0.2, -0.15) is 0 Å². The quantitative estimate of drug-likeness (QED) is 0.829. The van der Waals surface area contributed by atoms with E-state index in [4.69, 9.17) is 5.11 Å². The van der Waals surface area contributed by atoms with Crippen molar-refractivity contribution < 1.29 is 17.9 Å². The maximum absolute atomic E-state index is 13.1. The lowest BCUT2D eigenvalue weighted by atomic mass is 10.1. The number of rotatable bonds is 6. The number of nitrogens with one attached hydrogen (secondary N) is 1. The van der Waals surface area contributed by atoms with Crippen LogP contribution in [0.15, 0.2) is 23.1 Å². The number of halogens is 1. The van der Waals surface area contributed by atoms with Gasteiger partial charge in [-0.05, 0) is 30.5 Å². The van der Waals surface area contributed by atoms with Crippen LogP contribution in [0.5, 0.6) is 0 Å². The molecule has 6 heteroatoms. The molecular formula is C12H18FNO3S. The van der Waals surface area contributed by atoms with Crippen molar-refractivity contribution in [2.45, 2.75) is 31.8 Å². The molecule has 1 aromatic carbocycles. The van der Waals surface area contributed by atoms with Crippen LogP contribution < -0.4 is 4.72 Å². The predicted octanol–water partition coefficient (Wildman–Crippen LogP) is 1.64. The molecule has 1 rings (SSSR count). The maximum Gasteiger partial charge on any atom is 0.240 e. The molecule has 0 fully saturated rings. The lowest BCUT2D eigenvalue weighted by Crippen LogP contribution is -2.25. The Kier molecular flexibility index (Phi) is 5.25. The Morgan fingerprint density at radius 1 is 1.39 bits per heavy atom. The molecule has 18 heavy (non-hydrogen) atoms. The van der Waals surface area contributed by atoms with Crippen molar-refractivity contribution in [2.24, 2.45) is 5.92 Å². The fourth-order valence-corrected chi connectivity index (χ4v) is 2.50. The number of aliphatic hydroxyl groups excluding tert-OH is 1. The molecule has 0 saturated carbocycles. The van der Waals surface area contributed by atoms with E-state index in [0.29, 0.717) is 12.5 Å². The van der Waals surface area contributed by atoms with E-state index in [1.165, 1.54) is 6.07 Å². The van der Waals surface area contributed by atoms with Crippen molar-refractivity contribution in [3.63, 3.8) is 0 Å². The zero-order valence-electron chi connectivity index (χ0n) is 10.5. The highest BCUT2D eigenvalue weighted by molar-refractivity contribution is 7.89. The van der Waals surface area contributed by atoms with Crippen LogP contribution in [-0.2, 0) is 16.6 Å². The first-order chi connectivity index (χ1) is 8.36. The summed E-state index contributed by atoms with van der Waals surface area (Å²) in [5.41, 5.74) is -0.0262. The number of hydrogen-bond donors (Lipinski definition) is 2. The smallest absolute Gasteiger partial charge is 0.240 e. The summed E-state index contributed by atoms with van der Waals surface area (Å²) in [6.45, 7) is 3.80. The summed E-state index contributed by atoms with van der Waals surface area (Å²) in [6.07, 6.45) is 0.729. The predicted molar refractivity (Wildman–Crippen MR) is 67.0 cm³/mol. The Balaban J connectivity index is 2.85. The number of aliphatic hydroxyl groups is 1.